The first-order valence-electron chi connectivity index (χ1n) is 7.86. The summed E-state index contributed by atoms with van der Waals surface area (Å²) in [5, 5.41) is 2.92. The van der Waals surface area contributed by atoms with E-state index < -0.39 is 5.54 Å². The topological polar surface area (TPSA) is 77.2 Å². The predicted octanol–water partition coefficient (Wildman–Crippen LogP) is 3.39. The molecule has 0 spiro atoms. The van der Waals surface area contributed by atoms with Crippen molar-refractivity contribution >= 4 is 11.6 Å². The van der Waals surface area contributed by atoms with Crippen LogP contribution in [0.15, 0.2) is 42.7 Å². The molecule has 120 valence electrons. The number of nitrogens with two attached hydrogens (primary N) is 1. The van der Waals surface area contributed by atoms with Gasteiger partial charge in [0.25, 0.3) is 0 Å². The number of amides is 1. The lowest BCUT2D eigenvalue weighted by molar-refractivity contribution is -0.121. The molecule has 1 aliphatic carbocycles. The minimum atomic E-state index is -0.723. The van der Waals surface area contributed by atoms with Gasteiger partial charge in [-0.05, 0) is 55.7 Å². The van der Waals surface area contributed by atoms with Crippen LogP contribution in [0.25, 0.3) is 0 Å². The van der Waals surface area contributed by atoms with Crippen LogP contribution >= 0.6 is 0 Å². The molecule has 1 saturated carbocycles. The Balaban J connectivity index is 1.70. The van der Waals surface area contributed by atoms with Crippen molar-refractivity contribution in [2.24, 2.45) is 5.73 Å². The number of anilines is 1. The van der Waals surface area contributed by atoms with Crippen molar-refractivity contribution in [3.05, 3.63) is 48.3 Å². The number of rotatable bonds is 4. The molecule has 3 N–H and O–H groups in total. The number of carbonyl (C=O) groups excluding carboxylic acids is 1. The van der Waals surface area contributed by atoms with Gasteiger partial charge >= 0.3 is 0 Å². The second-order valence-corrected chi connectivity index (χ2v) is 6.09. The maximum atomic E-state index is 12.3. The zero-order chi connectivity index (χ0) is 16.3. The Kier molecular flexibility index (Phi) is 4.30. The summed E-state index contributed by atoms with van der Waals surface area (Å²) in [5.74, 6) is 1.31. The maximum absolute atomic E-state index is 12.3. The number of benzene rings is 1. The van der Waals surface area contributed by atoms with E-state index in [1.54, 1.807) is 12.4 Å². The van der Waals surface area contributed by atoms with Gasteiger partial charge in [-0.25, -0.2) is 0 Å². The molecule has 0 unspecified atom stereocenters. The van der Waals surface area contributed by atoms with E-state index in [2.05, 4.69) is 10.3 Å². The molecule has 1 aromatic carbocycles. The summed E-state index contributed by atoms with van der Waals surface area (Å²) in [6.07, 6.45) is 6.89. The van der Waals surface area contributed by atoms with Crippen LogP contribution in [0.2, 0.25) is 0 Å². The lowest BCUT2D eigenvalue weighted by atomic mass is 9.98. The second-order valence-electron chi connectivity index (χ2n) is 6.09. The van der Waals surface area contributed by atoms with Crippen LogP contribution in [0.3, 0.4) is 0 Å². The number of hydrogen-bond acceptors (Lipinski definition) is 4. The van der Waals surface area contributed by atoms with Gasteiger partial charge in [-0.2, -0.15) is 0 Å². The number of pyridine rings is 1. The monoisotopic (exact) mass is 311 g/mol. The van der Waals surface area contributed by atoms with Crippen LogP contribution in [0.4, 0.5) is 5.69 Å². The van der Waals surface area contributed by atoms with Gasteiger partial charge in [0, 0.05) is 11.9 Å². The fourth-order valence-electron chi connectivity index (χ4n) is 2.86. The smallest absolute Gasteiger partial charge is 0.244 e. The molecule has 1 heterocycles. The molecule has 1 fully saturated rings. The zero-order valence-electron chi connectivity index (χ0n) is 13.2. The van der Waals surface area contributed by atoms with Gasteiger partial charge in [0.15, 0.2) is 0 Å². The van der Waals surface area contributed by atoms with Crippen LogP contribution in [0, 0.1) is 6.92 Å². The van der Waals surface area contributed by atoms with Gasteiger partial charge < -0.3 is 15.8 Å². The van der Waals surface area contributed by atoms with Gasteiger partial charge in [0.1, 0.15) is 11.5 Å². The third kappa shape index (κ3) is 3.51. The molecule has 1 aliphatic rings. The highest BCUT2D eigenvalue weighted by Gasteiger charge is 2.36. The Bertz CT molecular complexity index is 695. The van der Waals surface area contributed by atoms with E-state index in [1.165, 1.54) is 0 Å². The maximum Gasteiger partial charge on any atom is 0.244 e. The molecule has 5 heteroatoms. The first-order valence-corrected chi connectivity index (χ1v) is 7.86. The Morgan fingerprint density at radius 2 is 2.09 bits per heavy atom. The average molecular weight is 311 g/mol. The fourth-order valence-corrected chi connectivity index (χ4v) is 2.86. The number of nitrogens with one attached hydrogen (secondary N) is 1. The van der Waals surface area contributed by atoms with E-state index in [4.69, 9.17) is 10.5 Å². The molecular weight excluding hydrogens is 290 g/mol. The number of hydrogen-bond donors (Lipinski definition) is 2. The Hall–Kier alpha value is -2.40. The minimum absolute atomic E-state index is 0.102. The van der Waals surface area contributed by atoms with Crippen molar-refractivity contribution in [3.8, 4) is 11.5 Å². The third-order valence-corrected chi connectivity index (χ3v) is 4.24. The molecular formula is C18H21N3O2. The molecule has 1 aromatic heterocycles. The molecule has 0 saturated heterocycles. The molecule has 0 bridgehead atoms. The van der Waals surface area contributed by atoms with Gasteiger partial charge in [0.2, 0.25) is 5.91 Å². The quantitative estimate of drug-likeness (QED) is 0.907. The van der Waals surface area contributed by atoms with E-state index in [0.717, 1.165) is 42.7 Å². The van der Waals surface area contributed by atoms with Crippen LogP contribution in [0.1, 0.15) is 31.2 Å². The van der Waals surface area contributed by atoms with E-state index in [9.17, 15) is 4.79 Å². The number of ether oxygens (including phenoxy) is 1. The number of aromatic nitrogens is 1. The van der Waals surface area contributed by atoms with Crippen molar-refractivity contribution in [3.63, 3.8) is 0 Å². The molecule has 0 aliphatic heterocycles. The van der Waals surface area contributed by atoms with Crippen molar-refractivity contribution in [1.29, 1.82) is 0 Å². The Morgan fingerprint density at radius 3 is 2.74 bits per heavy atom. The van der Waals surface area contributed by atoms with Crippen LogP contribution in [-0.4, -0.2) is 16.4 Å². The highest BCUT2D eigenvalue weighted by Crippen LogP contribution is 2.30. The number of aryl methyl sites for hydroxylation is 1. The van der Waals surface area contributed by atoms with Crippen molar-refractivity contribution < 1.29 is 9.53 Å². The van der Waals surface area contributed by atoms with Gasteiger partial charge in [-0.15, -0.1) is 0 Å². The van der Waals surface area contributed by atoms with E-state index in [-0.39, 0.29) is 5.91 Å². The van der Waals surface area contributed by atoms with Crippen molar-refractivity contribution in [1.82, 2.24) is 4.98 Å². The van der Waals surface area contributed by atoms with E-state index >= 15 is 0 Å². The zero-order valence-corrected chi connectivity index (χ0v) is 13.2. The molecule has 23 heavy (non-hydrogen) atoms. The lowest BCUT2D eigenvalue weighted by Gasteiger charge is -2.22. The SMILES string of the molecule is Cc1cc(NC(=O)C2(N)CCCC2)ccc1Oc1cccnc1. The van der Waals surface area contributed by atoms with Gasteiger partial charge in [0.05, 0.1) is 11.7 Å². The van der Waals surface area contributed by atoms with Crippen LogP contribution in [0.5, 0.6) is 11.5 Å². The van der Waals surface area contributed by atoms with Crippen molar-refractivity contribution in [2.75, 3.05) is 5.32 Å². The van der Waals surface area contributed by atoms with Crippen molar-refractivity contribution in [2.45, 2.75) is 38.1 Å². The summed E-state index contributed by atoms with van der Waals surface area (Å²) in [6, 6.07) is 9.23. The summed E-state index contributed by atoms with van der Waals surface area (Å²) in [4.78, 5) is 16.4. The van der Waals surface area contributed by atoms with Crippen LogP contribution < -0.4 is 15.8 Å². The second kappa shape index (κ2) is 6.38. The number of carbonyl (C=O) groups is 1. The number of nitrogens with zero attached hydrogens (tertiary/aromatic N) is 1. The molecule has 5 nitrogen and oxygen atoms in total. The molecule has 1 amide bonds. The summed E-state index contributed by atoms with van der Waals surface area (Å²) in [7, 11) is 0. The van der Waals surface area contributed by atoms with E-state index in [1.807, 2.05) is 37.3 Å². The average Bonchev–Trinajstić information content (AvgIpc) is 2.99. The van der Waals surface area contributed by atoms with E-state index in [0.29, 0.717) is 5.75 Å². The van der Waals surface area contributed by atoms with Gasteiger partial charge in [-0.3, -0.25) is 9.78 Å². The van der Waals surface area contributed by atoms with Gasteiger partial charge in [-0.1, -0.05) is 12.8 Å². The normalized spacial score (nSPS) is 16.1. The standard InChI is InChI=1S/C18H21N3O2/c1-13-11-14(21-17(22)18(19)8-2-3-9-18)6-7-16(13)23-15-5-4-10-20-12-15/h4-7,10-12H,2-3,8-9,19H2,1H3,(H,21,22). The largest absolute Gasteiger partial charge is 0.455 e. The van der Waals surface area contributed by atoms with Crippen LogP contribution in [-0.2, 0) is 4.79 Å². The lowest BCUT2D eigenvalue weighted by Crippen LogP contribution is -2.48. The minimum Gasteiger partial charge on any atom is -0.455 e. The third-order valence-electron chi connectivity index (χ3n) is 4.24. The summed E-state index contributed by atoms with van der Waals surface area (Å²) in [5.41, 5.74) is 7.13. The summed E-state index contributed by atoms with van der Waals surface area (Å²) >= 11 is 0. The first-order chi connectivity index (χ1) is 11.1. The first kappa shape index (κ1) is 15.5. The Morgan fingerprint density at radius 1 is 1.30 bits per heavy atom. The molecule has 3 rings (SSSR count). The molecule has 0 atom stereocenters. The highest BCUT2D eigenvalue weighted by molar-refractivity contribution is 5.98. The highest BCUT2D eigenvalue weighted by atomic mass is 16.5. The molecule has 2 aromatic rings. The summed E-state index contributed by atoms with van der Waals surface area (Å²) in [6.45, 7) is 1.94. The molecule has 0 radical (unpaired) electrons. The predicted molar refractivity (Wildman–Crippen MR) is 89.5 cm³/mol. The Labute approximate surface area is 135 Å². The summed E-state index contributed by atoms with van der Waals surface area (Å²) < 4.78 is 5.79. The fraction of sp³-hybridized carbons (Fsp3) is 0.333.